The number of aryl methyl sites for hydroxylation is 1. The molecule has 33 heavy (non-hydrogen) atoms. The van der Waals surface area contributed by atoms with E-state index in [2.05, 4.69) is 10.6 Å². The Labute approximate surface area is 191 Å². The minimum Gasteiger partial charge on any atom is -0.467 e. The van der Waals surface area contributed by atoms with Crippen LogP contribution in [0.3, 0.4) is 0 Å². The van der Waals surface area contributed by atoms with Gasteiger partial charge in [0.2, 0.25) is 5.91 Å². The number of carbonyl (C=O) groups is 3. The summed E-state index contributed by atoms with van der Waals surface area (Å²) >= 11 is 0. The number of para-hydroxylation sites is 1. The molecule has 1 aromatic carbocycles. The second kappa shape index (κ2) is 10.2. The average molecular weight is 450 g/mol. The summed E-state index contributed by atoms with van der Waals surface area (Å²) in [6.07, 6.45) is 6.81. The molecule has 2 N–H and O–H groups in total. The van der Waals surface area contributed by atoms with Crippen LogP contribution in [0.25, 0.3) is 0 Å². The first kappa shape index (κ1) is 22.4. The predicted molar refractivity (Wildman–Crippen MR) is 122 cm³/mol. The lowest BCUT2D eigenvalue weighted by Gasteiger charge is -2.32. The summed E-state index contributed by atoms with van der Waals surface area (Å²) < 4.78 is 10.7. The van der Waals surface area contributed by atoms with Gasteiger partial charge in [-0.1, -0.05) is 31.0 Å². The van der Waals surface area contributed by atoms with Crippen LogP contribution in [0, 0.1) is 6.92 Å². The van der Waals surface area contributed by atoms with Gasteiger partial charge in [0.05, 0.1) is 19.1 Å². The van der Waals surface area contributed by atoms with Gasteiger partial charge < -0.3 is 19.5 Å². The lowest BCUT2D eigenvalue weighted by Crippen LogP contribution is -2.49. The fourth-order valence-corrected chi connectivity index (χ4v) is 4.16. The van der Waals surface area contributed by atoms with E-state index in [1.165, 1.54) is 23.5 Å². The molecule has 0 unspecified atom stereocenters. The highest BCUT2D eigenvalue weighted by atomic mass is 16.3. The first-order chi connectivity index (χ1) is 16.0. The van der Waals surface area contributed by atoms with Crippen LogP contribution < -0.4 is 15.5 Å². The zero-order valence-electron chi connectivity index (χ0n) is 18.5. The number of hydrogen-bond acceptors (Lipinski definition) is 5. The molecule has 1 aliphatic carbocycles. The van der Waals surface area contributed by atoms with Gasteiger partial charge in [-0.25, -0.2) is 0 Å². The number of furan rings is 2. The van der Waals surface area contributed by atoms with E-state index in [1.54, 1.807) is 30.3 Å². The molecule has 3 aromatic rings. The monoisotopic (exact) mass is 449 g/mol. The van der Waals surface area contributed by atoms with Crippen LogP contribution in [0.15, 0.2) is 69.9 Å². The molecule has 1 fully saturated rings. The Kier molecular flexibility index (Phi) is 6.92. The highest BCUT2D eigenvalue weighted by Crippen LogP contribution is 2.31. The third kappa shape index (κ3) is 5.16. The van der Waals surface area contributed by atoms with E-state index in [4.69, 9.17) is 8.83 Å². The lowest BCUT2D eigenvalue weighted by molar-refractivity contribution is -0.127. The van der Waals surface area contributed by atoms with Crippen LogP contribution in [-0.2, 0) is 9.59 Å². The molecule has 3 amide bonds. The summed E-state index contributed by atoms with van der Waals surface area (Å²) in [6.45, 7) is 1.55. The van der Waals surface area contributed by atoms with Gasteiger partial charge in [-0.15, -0.1) is 0 Å². The maximum atomic E-state index is 13.5. The first-order valence-corrected chi connectivity index (χ1v) is 11.1. The molecule has 8 heteroatoms. The van der Waals surface area contributed by atoms with Crippen molar-refractivity contribution in [1.82, 2.24) is 10.6 Å². The van der Waals surface area contributed by atoms with E-state index in [-0.39, 0.29) is 24.3 Å². The van der Waals surface area contributed by atoms with Gasteiger partial charge in [0, 0.05) is 11.7 Å². The molecule has 2 aromatic heterocycles. The minimum absolute atomic E-state index is 0.0717. The molecule has 0 aliphatic heterocycles. The molecular formula is C25H27N3O5. The maximum absolute atomic E-state index is 13.5. The summed E-state index contributed by atoms with van der Waals surface area (Å²) in [5.41, 5.74) is 1.38. The molecule has 0 spiro atoms. The van der Waals surface area contributed by atoms with Crippen LogP contribution in [0.5, 0.6) is 0 Å². The van der Waals surface area contributed by atoms with Crippen molar-refractivity contribution in [2.24, 2.45) is 0 Å². The zero-order valence-corrected chi connectivity index (χ0v) is 18.5. The second-order valence-electron chi connectivity index (χ2n) is 8.12. The number of rotatable bonds is 8. The number of anilines is 1. The normalized spacial score (nSPS) is 14.6. The van der Waals surface area contributed by atoms with Crippen LogP contribution >= 0.6 is 0 Å². The molecular weight excluding hydrogens is 422 g/mol. The van der Waals surface area contributed by atoms with Crippen molar-refractivity contribution in [3.05, 3.63) is 78.1 Å². The molecule has 2 heterocycles. The number of carbonyl (C=O) groups excluding carboxylic acids is 3. The van der Waals surface area contributed by atoms with Gasteiger partial charge >= 0.3 is 0 Å². The number of hydrogen-bond donors (Lipinski definition) is 2. The van der Waals surface area contributed by atoms with E-state index in [0.717, 1.165) is 31.2 Å². The Morgan fingerprint density at radius 3 is 2.39 bits per heavy atom. The number of benzene rings is 1. The third-order valence-corrected chi connectivity index (χ3v) is 5.81. The van der Waals surface area contributed by atoms with Gasteiger partial charge in [0.15, 0.2) is 11.8 Å². The summed E-state index contributed by atoms with van der Waals surface area (Å²) in [7, 11) is 0. The minimum atomic E-state index is -1.02. The highest BCUT2D eigenvalue weighted by Gasteiger charge is 2.36. The molecule has 0 bridgehead atoms. The highest BCUT2D eigenvalue weighted by molar-refractivity contribution is 6.04. The smallest absolute Gasteiger partial charge is 0.287 e. The van der Waals surface area contributed by atoms with Gasteiger partial charge in [-0.3, -0.25) is 19.3 Å². The number of nitrogens with one attached hydrogen (secondary N) is 2. The molecule has 4 rings (SSSR count). The van der Waals surface area contributed by atoms with E-state index in [0.29, 0.717) is 11.4 Å². The van der Waals surface area contributed by atoms with Gasteiger partial charge in [0.1, 0.15) is 5.76 Å². The quantitative estimate of drug-likeness (QED) is 0.545. The van der Waals surface area contributed by atoms with Crippen LogP contribution in [0.1, 0.15) is 53.6 Å². The van der Waals surface area contributed by atoms with Crippen molar-refractivity contribution in [2.75, 3.05) is 11.4 Å². The lowest BCUT2D eigenvalue weighted by atomic mass is 10.1. The predicted octanol–water partition coefficient (Wildman–Crippen LogP) is 3.74. The van der Waals surface area contributed by atoms with Crippen molar-refractivity contribution in [2.45, 2.75) is 44.7 Å². The topological polar surface area (TPSA) is 105 Å². The van der Waals surface area contributed by atoms with E-state index >= 15 is 0 Å². The first-order valence-electron chi connectivity index (χ1n) is 11.1. The number of amides is 3. The molecule has 0 saturated heterocycles. The Balaban J connectivity index is 1.65. The second-order valence-corrected chi connectivity index (χ2v) is 8.12. The Morgan fingerprint density at radius 2 is 1.73 bits per heavy atom. The Morgan fingerprint density at radius 1 is 1.00 bits per heavy atom. The van der Waals surface area contributed by atoms with Crippen molar-refractivity contribution >= 4 is 23.4 Å². The van der Waals surface area contributed by atoms with Gasteiger partial charge in [0.25, 0.3) is 11.8 Å². The van der Waals surface area contributed by atoms with Crippen molar-refractivity contribution in [1.29, 1.82) is 0 Å². The summed E-state index contributed by atoms with van der Waals surface area (Å²) in [6, 6.07) is 12.8. The SMILES string of the molecule is Cc1ccccc1N(C(=O)CNC(=O)c1ccco1)[C@@H](C(=O)NC1CCCC1)c1ccco1. The largest absolute Gasteiger partial charge is 0.467 e. The Hall–Kier alpha value is -3.81. The molecule has 1 atom stereocenters. The molecule has 8 nitrogen and oxygen atoms in total. The van der Waals surface area contributed by atoms with Crippen molar-refractivity contribution in [3.63, 3.8) is 0 Å². The molecule has 1 saturated carbocycles. The van der Waals surface area contributed by atoms with Crippen LogP contribution in [0.2, 0.25) is 0 Å². The summed E-state index contributed by atoms with van der Waals surface area (Å²) in [4.78, 5) is 40.7. The van der Waals surface area contributed by atoms with Gasteiger partial charge in [-0.05, 0) is 55.7 Å². The van der Waals surface area contributed by atoms with Crippen molar-refractivity contribution in [3.8, 4) is 0 Å². The number of nitrogens with zero attached hydrogens (tertiary/aromatic N) is 1. The average Bonchev–Trinajstić information content (AvgIpc) is 3.59. The standard InChI is InChI=1S/C25H27N3O5/c1-17-8-2-5-11-19(17)28(22(29)16-26-24(30)21-13-7-15-33-21)23(20-12-6-14-32-20)25(31)27-18-9-3-4-10-18/h2,5-8,11-15,18,23H,3-4,9-10,16H2,1H3,(H,26,30)(H,27,31)/t23-/m1/s1. The van der Waals surface area contributed by atoms with Crippen LogP contribution in [-0.4, -0.2) is 30.3 Å². The Bertz CT molecular complexity index is 1090. The fraction of sp³-hybridized carbons (Fsp3) is 0.320. The summed E-state index contributed by atoms with van der Waals surface area (Å²) in [5, 5.41) is 5.66. The molecule has 1 aliphatic rings. The fourth-order valence-electron chi connectivity index (χ4n) is 4.16. The van der Waals surface area contributed by atoms with Gasteiger partial charge in [-0.2, -0.15) is 0 Å². The molecule has 0 radical (unpaired) electrons. The third-order valence-electron chi connectivity index (χ3n) is 5.81. The van der Waals surface area contributed by atoms with Crippen LogP contribution in [0.4, 0.5) is 5.69 Å². The maximum Gasteiger partial charge on any atom is 0.287 e. The van der Waals surface area contributed by atoms with E-state index in [1.807, 2.05) is 19.1 Å². The van der Waals surface area contributed by atoms with E-state index < -0.39 is 17.9 Å². The zero-order chi connectivity index (χ0) is 23.2. The van der Waals surface area contributed by atoms with Crippen molar-refractivity contribution < 1.29 is 23.2 Å². The summed E-state index contributed by atoms with van der Waals surface area (Å²) in [5.74, 6) is -0.827. The molecule has 172 valence electrons. The van der Waals surface area contributed by atoms with E-state index in [9.17, 15) is 14.4 Å².